The lowest BCUT2D eigenvalue weighted by Crippen LogP contribution is -2.12. The van der Waals surface area contributed by atoms with E-state index in [9.17, 15) is 5.11 Å². The van der Waals surface area contributed by atoms with E-state index in [4.69, 9.17) is 14.1 Å². The van der Waals surface area contributed by atoms with E-state index in [-0.39, 0.29) is 23.0 Å². The normalized spacial score (nSPS) is 12.7. The number of phenolic OH excluding ortho intramolecular Hbond substituents is 1. The SMILES string of the molecule is [2H]C([2H])([2H])c1ccc(-c2ccnc(-c3cc(-c4ccccc4)cc(-c4cccc5c4nc(-c4cc(C(C)C)cc(C(C)C)c4O)n5-c4cc(-c5ccccc5)cc(C(C)(C)C)c4)c3)c2)cc1. The van der Waals surface area contributed by atoms with E-state index in [1.807, 2.05) is 36.5 Å². The Kier molecular flexibility index (Phi) is 9.98. The molecule has 0 radical (unpaired) electrons. The van der Waals surface area contributed by atoms with Crippen molar-refractivity contribution in [1.29, 1.82) is 0 Å². The molecule has 0 spiro atoms. The van der Waals surface area contributed by atoms with E-state index >= 15 is 0 Å². The van der Waals surface area contributed by atoms with Gasteiger partial charge in [-0.2, -0.15) is 0 Å². The largest absolute Gasteiger partial charge is 0.507 e. The van der Waals surface area contributed by atoms with Crippen LogP contribution in [0.25, 0.3) is 83.9 Å². The highest BCUT2D eigenvalue weighted by Crippen LogP contribution is 2.44. The number of imidazole rings is 1. The predicted octanol–water partition coefficient (Wildman–Crippen LogP) is 16.0. The second-order valence-electron chi connectivity index (χ2n) is 18.3. The minimum absolute atomic E-state index is 0.0875. The molecule has 2 aromatic heterocycles. The molecular weight excluding hydrogens is 767 g/mol. The first-order valence-corrected chi connectivity index (χ1v) is 21.9. The lowest BCUT2D eigenvalue weighted by molar-refractivity contribution is 0.466. The minimum atomic E-state index is -2.17. The van der Waals surface area contributed by atoms with Gasteiger partial charge in [-0.25, -0.2) is 4.98 Å². The summed E-state index contributed by atoms with van der Waals surface area (Å²) in [6.45, 7) is 13.2. The molecule has 0 aliphatic carbocycles. The molecule has 0 aliphatic rings. The average molecular weight is 825 g/mol. The molecule has 0 atom stereocenters. The second-order valence-corrected chi connectivity index (χ2v) is 18.3. The Hall–Kier alpha value is -7.04. The summed E-state index contributed by atoms with van der Waals surface area (Å²) in [7, 11) is 0. The number of aromatic nitrogens is 3. The number of benzene rings is 7. The van der Waals surface area contributed by atoms with Crippen LogP contribution in [0.15, 0.2) is 170 Å². The third-order valence-corrected chi connectivity index (χ3v) is 12.2. The smallest absolute Gasteiger partial charge is 0.149 e. The number of fused-ring (bicyclic) bond motifs is 1. The molecule has 0 aliphatic heterocycles. The van der Waals surface area contributed by atoms with E-state index in [1.54, 1.807) is 12.1 Å². The Morgan fingerprint density at radius 2 is 1.21 bits per heavy atom. The van der Waals surface area contributed by atoms with Crippen molar-refractivity contribution in [1.82, 2.24) is 14.5 Å². The number of aryl methyl sites for hydroxylation is 1. The third-order valence-electron chi connectivity index (χ3n) is 12.2. The molecule has 0 fully saturated rings. The van der Waals surface area contributed by atoms with Crippen LogP contribution < -0.4 is 0 Å². The molecule has 0 saturated carbocycles. The van der Waals surface area contributed by atoms with Crippen LogP contribution in [0.4, 0.5) is 0 Å². The van der Waals surface area contributed by atoms with Crippen LogP contribution in [0.2, 0.25) is 0 Å². The Morgan fingerprint density at radius 1 is 0.556 bits per heavy atom. The molecule has 63 heavy (non-hydrogen) atoms. The van der Waals surface area contributed by atoms with Gasteiger partial charge in [-0.05, 0) is 134 Å². The quantitative estimate of drug-likeness (QED) is 0.158. The number of hydrogen-bond donors (Lipinski definition) is 1. The van der Waals surface area contributed by atoms with Gasteiger partial charge in [-0.1, -0.05) is 163 Å². The van der Waals surface area contributed by atoms with E-state index in [1.165, 1.54) is 5.56 Å². The topological polar surface area (TPSA) is 50.9 Å². The van der Waals surface area contributed by atoms with E-state index in [0.29, 0.717) is 17.0 Å². The predicted molar refractivity (Wildman–Crippen MR) is 265 cm³/mol. The van der Waals surface area contributed by atoms with Gasteiger partial charge < -0.3 is 5.11 Å². The van der Waals surface area contributed by atoms with E-state index in [0.717, 1.165) is 83.6 Å². The summed E-state index contributed by atoms with van der Waals surface area (Å²) in [5.41, 5.74) is 16.6. The average Bonchev–Trinajstić information content (AvgIpc) is 3.71. The highest BCUT2D eigenvalue weighted by molar-refractivity contribution is 5.98. The maximum Gasteiger partial charge on any atom is 0.149 e. The van der Waals surface area contributed by atoms with E-state index in [2.05, 4.69) is 174 Å². The molecule has 4 nitrogen and oxygen atoms in total. The van der Waals surface area contributed by atoms with Gasteiger partial charge in [0.05, 0.1) is 22.3 Å². The number of phenols is 1. The van der Waals surface area contributed by atoms with Gasteiger partial charge in [0, 0.05) is 27.1 Å². The summed E-state index contributed by atoms with van der Waals surface area (Å²) in [5.74, 6) is 1.23. The fraction of sp³-hybridized carbons (Fsp3) is 0.186. The number of aromatic hydroxyl groups is 1. The highest BCUT2D eigenvalue weighted by Gasteiger charge is 2.25. The highest BCUT2D eigenvalue weighted by atomic mass is 16.3. The van der Waals surface area contributed by atoms with Gasteiger partial charge in [-0.15, -0.1) is 0 Å². The maximum atomic E-state index is 12.3. The van der Waals surface area contributed by atoms with Crippen LogP contribution in [-0.2, 0) is 5.41 Å². The molecule has 0 unspecified atom stereocenters. The zero-order chi connectivity index (χ0) is 46.5. The number of hydrogen-bond acceptors (Lipinski definition) is 3. The standard InChI is InChI=1S/C59H55N3O/c1-37(2)44-33-52(38(3)4)57(63)53(34-44)58-61-56-51(20-15-21-55(56)62(58)50-32-46(41-18-13-10-14-19-41)31-49(36-50)59(6,7)8)47-28-45(40-16-11-9-12-17-40)29-48(30-47)54-35-43(26-27-60-54)42-24-22-39(5)23-25-42/h9-38,63H,1-8H3/i5D3. The molecule has 9 rings (SSSR count). The molecule has 0 bridgehead atoms. The van der Waals surface area contributed by atoms with Crippen molar-refractivity contribution in [3.05, 3.63) is 192 Å². The Balaban J connectivity index is 1.31. The summed E-state index contributed by atoms with van der Waals surface area (Å²) >= 11 is 0. The van der Waals surface area contributed by atoms with Gasteiger partial charge in [0.1, 0.15) is 11.6 Å². The van der Waals surface area contributed by atoms with Crippen molar-refractivity contribution in [2.45, 2.75) is 72.6 Å². The summed E-state index contributed by atoms with van der Waals surface area (Å²) < 4.78 is 25.8. The Bertz CT molecular complexity index is 3210. The van der Waals surface area contributed by atoms with Gasteiger partial charge in [0.25, 0.3) is 0 Å². The first kappa shape index (κ1) is 37.7. The van der Waals surface area contributed by atoms with Crippen LogP contribution >= 0.6 is 0 Å². The zero-order valence-corrected chi connectivity index (χ0v) is 37.1. The number of para-hydroxylation sites is 1. The molecule has 0 saturated heterocycles. The van der Waals surface area contributed by atoms with Gasteiger partial charge >= 0.3 is 0 Å². The number of pyridine rings is 1. The van der Waals surface area contributed by atoms with Crippen molar-refractivity contribution in [2.24, 2.45) is 0 Å². The Labute approximate surface area is 376 Å². The summed E-state index contributed by atoms with van der Waals surface area (Å²) in [6, 6.07) is 56.0. The summed E-state index contributed by atoms with van der Waals surface area (Å²) in [5, 5.41) is 12.3. The molecule has 1 N–H and O–H groups in total. The molecule has 9 aromatic rings. The summed E-state index contributed by atoms with van der Waals surface area (Å²) in [4.78, 5) is 10.5. The second kappa shape index (κ2) is 16.7. The first-order valence-electron chi connectivity index (χ1n) is 23.4. The molecule has 0 amide bonds. The lowest BCUT2D eigenvalue weighted by atomic mass is 9.85. The van der Waals surface area contributed by atoms with Crippen molar-refractivity contribution < 1.29 is 9.22 Å². The fourth-order valence-electron chi connectivity index (χ4n) is 8.53. The lowest BCUT2D eigenvalue weighted by Gasteiger charge is -2.23. The molecule has 312 valence electrons. The molecule has 2 heterocycles. The van der Waals surface area contributed by atoms with Crippen LogP contribution in [0.1, 0.15) is 86.7 Å². The Morgan fingerprint density at radius 3 is 1.86 bits per heavy atom. The first-order chi connectivity index (χ1) is 31.5. The fourth-order valence-corrected chi connectivity index (χ4v) is 8.53. The van der Waals surface area contributed by atoms with Crippen molar-refractivity contribution in [3.8, 4) is 78.6 Å². The van der Waals surface area contributed by atoms with E-state index < -0.39 is 6.85 Å². The van der Waals surface area contributed by atoms with Crippen LogP contribution in [-0.4, -0.2) is 19.6 Å². The molecule has 4 heteroatoms. The number of rotatable bonds is 9. The monoisotopic (exact) mass is 824 g/mol. The van der Waals surface area contributed by atoms with Crippen molar-refractivity contribution in [3.63, 3.8) is 0 Å². The van der Waals surface area contributed by atoms with Crippen LogP contribution in [0, 0.1) is 6.85 Å². The zero-order valence-electron chi connectivity index (χ0n) is 40.1. The van der Waals surface area contributed by atoms with Gasteiger partial charge in [0.15, 0.2) is 0 Å². The van der Waals surface area contributed by atoms with Crippen molar-refractivity contribution in [2.75, 3.05) is 0 Å². The third kappa shape index (κ3) is 8.22. The van der Waals surface area contributed by atoms with Crippen LogP contribution in [0.3, 0.4) is 0 Å². The van der Waals surface area contributed by atoms with Crippen molar-refractivity contribution >= 4 is 11.0 Å². The van der Waals surface area contributed by atoms with Gasteiger partial charge in [0.2, 0.25) is 0 Å². The minimum Gasteiger partial charge on any atom is -0.507 e. The molecular formula is C59H55N3O. The van der Waals surface area contributed by atoms with Gasteiger partial charge in [-0.3, -0.25) is 9.55 Å². The summed E-state index contributed by atoms with van der Waals surface area (Å²) in [6.07, 6.45) is 1.81. The maximum absolute atomic E-state index is 12.3. The van der Waals surface area contributed by atoms with Crippen LogP contribution in [0.5, 0.6) is 5.75 Å². The molecule has 7 aromatic carbocycles. The number of nitrogens with zero attached hydrogens (tertiary/aromatic N) is 3.